The number of aliphatic hydroxyl groups is 1. The quantitative estimate of drug-likeness (QED) is 0.437. The van der Waals surface area contributed by atoms with Gasteiger partial charge < -0.3 is 10.8 Å². The number of aliphatic hydroxyl groups excluding tert-OH is 1. The van der Waals surface area contributed by atoms with Gasteiger partial charge in [-0.2, -0.15) is 0 Å². The average Bonchev–Trinajstić information content (AvgIpc) is 2.16. The molecule has 0 radical (unpaired) electrons. The molecule has 0 bridgehead atoms. The van der Waals surface area contributed by atoms with E-state index in [1.165, 1.54) is 0 Å². The molecular weight excluding hydrogens is 200 g/mol. The molecule has 0 heterocycles. The molecule has 3 nitrogen and oxygen atoms in total. The molecule has 0 aliphatic carbocycles. The summed E-state index contributed by atoms with van der Waals surface area (Å²) in [6.07, 6.45) is 1.80. The molecule has 86 valence electrons. The van der Waals surface area contributed by atoms with Crippen molar-refractivity contribution in [3.05, 3.63) is 54.8 Å². The van der Waals surface area contributed by atoms with E-state index in [9.17, 15) is 5.11 Å². The first kappa shape index (κ1) is 12.3. The van der Waals surface area contributed by atoms with E-state index in [2.05, 4.69) is 13.2 Å². The Balaban J connectivity index is 2.66. The smallest absolute Gasteiger partial charge is 0.0991 e. The SMILES string of the molecule is C=CCN(CC(=C)O)Cc1cccc(N)c1. The van der Waals surface area contributed by atoms with E-state index < -0.39 is 0 Å². The van der Waals surface area contributed by atoms with Gasteiger partial charge in [0.15, 0.2) is 0 Å². The van der Waals surface area contributed by atoms with Gasteiger partial charge in [0, 0.05) is 18.8 Å². The van der Waals surface area contributed by atoms with Crippen LogP contribution in [0.3, 0.4) is 0 Å². The van der Waals surface area contributed by atoms with Crippen LogP contribution < -0.4 is 5.73 Å². The summed E-state index contributed by atoms with van der Waals surface area (Å²) >= 11 is 0. The highest BCUT2D eigenvalue weighted by Crippen LogP contribution is 2.10. The molecule has 1 rings (SSSR count). The van der Waals surface area contributed by atoms with E-state index in [1.54, 1.807) is 6.08 Å². The third-order valence-electron chi connectivity index (χ3n) is 2.15. The van der Waals surface area contributed by atoms with Crippen LogP contribution in [0.4, 0.5) is 5.69 Å². The van der Waals surface area contributed by atoms with E-state index in [-0.39, 0.29) is 5.76 Å². The second-order valence-corrected chi connectivity index (χ2v) is 3.77. The Kier molecular flexibility index (Phi) is 4.61. The largest absolute Gasteiger partial charge is 0.512 e. The molecule has 1 aromatic carbocycles. The minimum absolute atomic E-state index is 0.158. The highest BCUT2D eigenvalue weighted by Gasteiger charge is 2.05. The molecule has 3 N–H and O–H groups in total. The summed E-state index contributed by atoms with van der Waals surface area (Å²) in [6.45, 7) is 9.05. The monoisotopic (exact) mass is 218 g/mol. The summed E-state index contributed by atoms with van der Waals surface area (Å²) in [5.41, 5.74) is 7.57. The zero-order chi connectivity index (χ0) is 12.0. The van der Waals surface area contributed by atoms with E-state index in [0.717, 1.165) is 17.8 Å². The number of hydrogen-bond acceptors (Lipinski definition) is 3. The Labute approximate surface area is 96.5 Å². The molecule has 0 saturated carbocycles. The molecule has 0 aliphatic heterocycles. The summed E-state index contributed by atoms with van der Waals surface area (Å²) < 4.78 is 0. The number of nitrogens with zero attached hydrogens (tertiary/aromatic N) is 1. The summed E-state index contributed by atoms with van der Waals surface area (Å²) in [5.74, 6) is 0.158. The lowest BCUT2D eigenvalue weighted by atomic mass is 10.2. The van der Waals surface area contributed by atoms with Gasteiger partial charge in [0.25, 0.3) is 0 Å². The molecule has 0 amide bonds. The van der Waals surface area contributed by atoms with Gasteiger partial charge in [0.2, 0.25) is 0 Å². The zero-order valence-corrected chi connectivity index (χ0v) is 9.39. The van der Waals surface area contributed by atoms with Gasteiger partial charge in [-0.25, -0.2) is 0 Å². The average molecular weight is 218 g/mol. The number of anilines is 1. The van der Waals surface area contributed by atoms with Crippen molar-refractivity contribution >= 4 is 5.69 Å². The number of nitrogen functional groups attached to an aromatic ring is 1. The predicted molar refractivity (Wildman–Crippen MR) is 68.1 cm³/mol. The van der Waals surface area contributed by atoms with Crippen LogP contribution in [-0.4, -0.2) is 23.1 Å². The Morgan fingerprint density at radius 1 is 1.50 bits per heavy atom. The molecule has 0 unspecified atom stereocenters. The van der Waals surface area contributed by atoms with Crippen molar-refractivity contribution in [1.29, 1.82) is 0 Å². The van der Waals surface area contributed by atoms with Crippen molar-refractivity contribution in [2.75, 3.05) is 18.8 Å². The first-order valence-electron chi connectivity index (χ1n) is 5.16. The van der Waals surface area contributed by atoms with Gasteiger partial charge in [0.05, 0.1) is 12.3 Å². The predicted octanol–water partition coefficient (Wildman–Crippen LogP) is 2.33. The van der Waals surface area contributed by atoms with E-state index in [0.29, 0.717) is 13.1 Å². The second-order valence-electron chi connectivity index (χ2n) is 3.77. The summed E-state index contributed by atoms with van der Waals surface area (Å²) in [7, 11) is 0. The number of hydrogen-bond donors (Lipinski definition) is 2. The second kappa shape index (κ2) is 5.98. The van der Waals surface area contributed by atoms with Crippen molar-refractivity contribution in [2.24, 2.45) is 0 Å². The molecule has 0 aliphatic rings. The van der Waals surface area contributed by atoms with Crippen molar-refractivity contribution in [2.45, 2.75) is 6.54 Å². The molecule has 0 fully saturated rings. The normalized spacial score (nSPS) is 10.3. The fourth-order valence-corrected chi connectivity index (χ4v) is 1.58. The highest BCUT2D eigenvalue weighted by atomic mass is 16.3. The van der Waals surface area contributed by atoms with Crippen LogP contribution in [0.2, 0.25) is 0 Å². The van der Waals surface area contributed by atoms with Crippen LogP contribution in [0.5, 0.6) is 0 Å². The number of nitrogens with two attached hydrogens (primary N) is 1. The van der Waals surface area contributed by atoms with Crippen molar-refractivity contribution in [1.82, 2.24) is 4.90 Å². The maximum absolute atomic E-state index is 9.19. The van der Waals surface area contributed by atoms with Crippen LogP contribution in [0.1, 0.15) is 5.56 Å². The Bertz CT molecular complexity index is 374. The fraction of sp³-hybridized carbons (Fsp3) is 0.231. The maximum atomic E-state index is 9.19. The zero-order valence-electron chi connectivity index (χ0n) is 9.39. The van der Waals surface area contributed by atoms with E-state index >= 15 is 0 Å². The summed E-state index contributed by atoms with van der Waals surface area (Å²) in [4.78, 5) is 2.03. The molecule has 16 heavy (non-hydrogen) atoms. The highest BCUT2D eigenvalue weighted by molar-refractivity contribution is 5.40. The molecule has 0 atom stereocenters. The van der Waals surface area contributed by atoms with Crippen LogP contribution in [0, 0.1) is 0 Å². The summed E-state index contributed by atoms with van der Waals surface area (Å²) in [5, 5.41) is 9.19. The lowest BCUT2D eigenvalue weighted by Crippen LogP contribution is -2.25. The maximum Gasteiger partial charge on any atom is 0.0991 e. The topological polar surface area (TPSA) is 49.5 Å². The lowest BCUT2D eigenvalue weighted by molar-refractivity contribution is 0.264. The fourth-order valence-electron chi connectivity index (χ4n) is 1.58. The minimum atomic E-state index is 0.158. The van der Waals surface area contributed by atoms with Gasteiger partial charge in [-0.3, -0.25) is 4.90 Å². The van der Waals surface area contributed by atoms with E-state index in [1.807, 2.05) is 29.2 Å². The standard InChI is InChI=1S/C13H18N2O/c1-3-7-15(9-11(2)16)10-12-5-4-6-13(14)8-12/h3-6,8,16H,1-2,7,9-10,14H2. The van der Waals surface area contributed by atoms with Crippen molar-refractivity contribution in [3.63, 3.8) is 0 Å². The number of rotatable bonds is 6. The minimum Gasteiger partial charge on any atom is -0.512 e. The number of benzene rings is 1. The first-order valence-corrected chi connectivity index (χ1v) is 5.16. The Morgan fingerprint density at radius 2 is 2.25 bits per heavy atom. The molecule has 1 aromatic rings. The lowest BCUT2D eigenvalue weighted by Gasteiger charge is -2.20. The third-order valence-corrected chi connectivity index (χ3v) is 2.15. The van der Waals surface area contributed by atoms with Crippen LogP contribution in [0.25, 0.3) is 0 Å². The Hall–Kier alpha value is -1.74. The molecule has 0 aromatic heterocycles. The molecule has 0 spiro atoms. The van der Waals surface area contributed by atoms with Crippen LogP contribution in [-0.2, 0) is 6.54 Å². The van der Waals surface area contributed by atoms with E-state index in [4.69, 9.17) is 5.73 Å². The first-order chi connectivity index (χ1) is 7.61. The van der Waals surface area contributed by atoms with Gasteiger partial charge in [-0.1, -0.05) is 24.8 Å². The van der Waals surface area contributed by atoms with Gasteiger partial charge >= 0.3 is 0 Å². The molecule has 3 heteroatoms. The molecular formula is C13H18N2O. The van der Waals surface area contributed by atoms with Gasteiger partial charge in [0.1, 0.15) is 0 Å². The van der Waals surface area contributed by atoms with Crippen LogP contribution in [0.15, 0.2) is 49.3 Å². The van der Waals surface area contributed by atoms with Gasteiger partial charge in [-0.15, -0.1) is 6.58 Å². The molecule has 0 saturated heterocycles. The summed E-state index contributed by atoms with van der Waals surface area (Å²) in [6, 6.07) is 7.71. The van der Waals surface area contributed by atoms with Crippen LogP contribution >= 0.6 is 0 Å². The third kappa shape index (κ3) is 4.19. The Morgan fingerprint density at radius 3 is 2.81 bits per heavy atom. The van der Waals surface area contributed by atoms with Gasteiger partial charge in [-0.05, 0) is 17.7 Å². The van der Waals surface area contributed by atoms with Crippen molar-refractivity contribution < 1.29 is 5.11 Å². The van der Waals surface area contributed by atoms with Crippen molar-refractivity contribution in [3.8, 4) is 0 Å².